The first-order valence-corrected chi connectivity index (χ1v) is 8.67. The van der Waals surface area contributed by atoms with Gasteiger partial charge in [-0.15, -0.1) is 11.3 Å². The van der Waals surface area contributed by atoms with Crippen LogP contribution >= 0.6 is 22.9 Å². The van der Waals surface area contributed by atoms with Crippen LogP contribution in [0.15, 0.2) is 46.7 Å². The summed E-state index contributed by atoms with van der Waals surface area (Å²) in [5.41, 5.74) is 0.834. The molecule has 7 nitrogen and oxygen atoms in total. The van der Waals surface area contributed by atoms with Crippen molar-refractivity contribution in [2.24, 2.45) is 10.3 Å². The molecule has 9 heteroatoms. The fraction of sp³-hybridized carbons (Fsp3) is 0.235. The molecule has 0 unspecified atom stereocenters. The minimum Gasteiger partial charge on any atom is -0.476 e. The van der Waals surface area contributed by atoms with Gasteiger partial charge in [-0.2, -0.15) is 0 Å². The molecule has 138 valence electrons. The number of aliphatic carboxylic acids is 1. The maximum atomic E-state index is 11.4. The lowest BCUT2D eigenvalue weighted by Crippen LogP contribution is -2.17. The number of halogens is 1. The van der Waals surface area contributed by atoms with Crippen molar-refractivity contribution in [2.75, 3.05) is 7.11 Å². The summed E-state index contributed by atoms with van der Waals surface area (Å²) in [6.45, 7) is 2.04. The first-order chi connectivity index (χ1) is 12.5. The van der Waals surface area contributed by atoms with Crippen molar-refractivity contribution in [3.05, 3.63) is 56.7 Å². The Labute approximate surface area is 159 Å². The van der Waals surface area contributed by atoms with Crippen LogP contribution in [0.2, 0.25) is 4.34 Å². The highest BCUT2D eigenvalue weighted by Crippen LogP contribution is 2.22. The molecule has 0 aliphatic rings. The van der Waals surface area contributed by atoms with Crippen molar-refractivity contribution in [1.29, 1.82) is 0 Å². The number of nitrogens with zero attached hydrogens (tertiary/aromatic N) is 2. The minimum absolute atomic E-state index is 0.107. The van der Waals surface area contributed by atoms with Crippen molar-refractivity contribution in [2.45, 2.75) is 20.1 Å². The molecular weight excluding hydrogens is 380 g/mol. The Bertz CT molecular complexity index is 819. The standard InChI is InChI=1S/C17H17ClN2O5S/c1-11(19-25-10-13-7-8-15(18)26-13)24-9-12-5-3-4-6-14(12)16(17(21)22)20-23-2/h3-8H,9-10H2,1-2H3,(H,21,22)/b19-11+,20-16+. The zero-order valence-corrected chi connectivity index (χ0v) is 15.7. The number of carboxylic acid groups (broad SMARTS) is 1. The summed E-state index contributed by atoms with van der Waals surface area (Å²) >= 11 is 7.26. The molecule has 0 aliphatic heterocycles. The third-order valence-electron chi connectivity index (χ3n) is 3.12. The van der Waals surface area contributed by atoms with Gasteiger partial charge < -0.3 is 19.5 Å². The molecule has 0 spiro atoms. The largest absolute Gasteiger partial charge is 0.476 e. The van der Waals surface area contributed by atoms with Gasteiger partial charge in [-0.05, 0) is 17.7 Å². The molecule has 1 heterocycles. The van der Waals surface area contributed by atoms with Crippen LogP contribution in [0.5, 0.6) is 0 Å². The molecule has 0 saturated carbocycles. The molecule has 0 fully saturated rings. The highest BCUT2D eigenvalue weighted by Gasteiger charge is 2.17. The average Bonchev–Trinajstić information content (AvgIpc) is 3.03. The molecule has 1 N–H and O–H groups in total. The third-order valence-corrected chi connectivity index (χ3v) is 4.33. The molecule has 1 aromatic heterocycles. The highest BCUT2D eigenvalue weighted by molar-refractivity contribution is 7.16. The third kappa shape index (κ3) is 5.75. The summed E-state index contributed by atoms with van der Waals surface area (Å²) in [5, 5.41) is 16.7. The summed E-state index contributed by atoms with van der Waals surface area (Å²) in [5.74, 6) is -0.884. The number of ether oxygens (including phenoxy) is 1. The van der Waals surface area contributed by atoms with E-state index in [2.05, 4.69) is 15.1 Å². The summed E-state index contributed by atoms with van der Waals surface area (Å²) in [7, 11) is 1.29. The van der Waals surface area contributed by atoms with Crippen molar-refractivity contribution in [1.82, 2.24) is 0 Å². The molecule has 0 amide bonds. The molecule has 0 saturated heterocycles. The summed E-state index contributed by atoms with van der Waals surface area (Å²) in [6.07, 6.45) is 0. The maximum absolute atomic E-state index is 11.4. The molecular formula is C17H17ClN2O5S. The molecule has 1 aromatic carbocycles. The van der Waals surface area contributed by atoms with E-state index in [0.717, 1.165) is 4.88 Å². The fourth-order valence-corrected chi connectivity index (χ4v) is 2.99. The molecule has 0 aliphatic carbocycles. The molecule has 2 aromatic rings. The minimum atomic E-state index is -1.19. The lowest BCUT2D eigenvalue weighted by atomic mass is 10.0. The number of rotatable bonds is 8. The number of hydrogen-bond acceptors (Lipinski definition) is 7. The van der Waals surface area contributed by atoms with E-state index in [1.54, 1.807) is 37.3 Å². The van der Waals surface area contributed by atoms with E-state index in [1.807, 2.05) is 6.07 Å². The van der Waals surface area contributed by atoms with Gasteiger partial charge in [0.05, 0.1) is 4.34 Å². The highest BCUT2D eigenvalue weighted by atomic mass is 35.5. The Morgan fingerprint density at radius 2 is 1.96 bits per heavy atom. The number of oxime groups is 2. The van der Waals surface area contributed by atoms with Crippen LogP contribution in [0, 0.1) is 0 Å². The predicted molar refractivity (Wildman–Crippen MR) is 99.6 cm³/mol. The Kier molecular flexibility index (Phi) is 7.43. The van der Waals surface area contributed by atoms with E-state index < -0.39 is 5.97 Å². The average molecular weight is 397 g/mol. The van der Waals surface area contributed by atoms with Gasteiger partial charge in [-0.1, -0.05) is 46.2 Å². The van der Waals surface area contributed by atoms with Gasteiger partial charge in [0.2, 0.25) is 5.90 Å². The predicted octanol–water partition coefficient (Wildman–Crippen LogP) is 3.90. The second kappa shape index (κ2) is 9.79. The van der Waals surface area contributed by atoms with Crippen LogP contribution in [0.25, 0.3) is 0 Å². The monoisotopic (exact) mass is 396 g/mol. The lowest BCUT2D eigenvalue weighted by Gasteiger charge is -2.10. The molecule has 0 atom stereocenters. The molecule has 0 radical (unpaired) electrons. The Hall–Kier alpha value is -2.58. The van der Waals surface area contributed by atoms with Crippen LogP contribution in [0.4, 0.5) is 0 Å². The number of carboxylic acids is 1. The second-order valence-electron chi connectivity index (χ2n) is 4.96. The van der Waals surface area contributed by atoms with E-state index in [-0.39, 0.29) is 12.3 Å². The van der Waals surface area contributed by atoms with Crippen molar-refractivity contribution in [3.63, 3.8) is 0 Å². The van der Waals surface area contributed by atoms with Gasteiger partial charge in [0, 0.05) is 17.4 Å². The number of benzene rings is 1. The number of hydrogen-bond donors (Lipinski definition) is 1. The Morgan fingerprint density at radius 3 is 2.62 bits per heavy atom. The summed E-state index contributed by atoms with van der Waals surface area (Å²) in [4.78, 5) is 22.1. The van der Waals surface area contributed by atoms with Gasteiger partial charge in [0.1, 0.15) is 13.7 Å². The van der Waals surface area contributed by atoms with Crippen LogP contribution < -0.4 is 0 Å². The number of thiophene rings is 1. The van der Waals surface area contributed by atoms with Crippen molar-refractivity contribution < 1.29 is 24.3 Å². The molecule has 2 rings (SSSR count). The van der Waals surface area contributed by atoms with Crippen LogP contribution in [-0.4, -0.2) is 29.8 Å². The zero-order chi connectivity index (χ0) is 18.9. The Balaban J connectivity index is 1.99. The van der Waals surface area contributed by atoms with Crippen molar-refractivity contribution >= 4 is 40.5 Å². The van der Waals surface area contributed by atoms with E-state index in [1.165, 1.54) is 18.4 Å². The van der Waals surface area contributed by atoms with E-state index >= 15 is 0 Å². The molecule has 0 bridgehead atoms. The van der Waals surface area contributed by atoms with E-state index in [0.29, 0.717) is 28.0 Å². The van der Waals surface area contributed by atoms with Gasteiger partial charge in [0.25, 0.3) is 0 Å². The fourth-order valence-electron chi connectivity index (χ4n) is 2.00. The summed E-state index contributed by atoms with van der Waals surface area (Å²) < 4.78 is 6.22. The van der Waals surface area contributed by atoms with Crippen molar-refractivity contribution in [3.8, 4) is 0 Å². The van der Waals surface area contributed by atoms with E-state index in [4.69, 9.17) is 21.2 Å². The van der Waals surface area contributed by atoms with Crippen LogP contribution in [-0.2, 0) is 32.4 Å². The Morgan fingerprint density at radius 1 is 1.19 bits per heavy atom. The van der Waals surface area contributed by atoms with Crippen LogP contribution in [0.3, 0.4) is 0 Å². The van der Waals surface area contributed by atoms with Crippen LogP contribution in [0.1, 0.15) is 22.9 Å². The van der Waals surface area contributed by atoms with Gasteiger partial charge >= 0.3 is 5.97 Å². The first kappa shape index (κ1) is 19.7. The smallest absolute Gasteiger partial charge is 0.358 e. The van der Waals surface area contributed by atoms with Gasteiger partial charge in [-0.25, -0.2) is 4.79 Å². The van der Waals surface area contributed by atoms with E-state index in [9.17, 15) is 9.90 Å². The second-order valence-corrected chi connectivity index (χ2v) is 6.76. The normalized spacial score (nSPS) is 12.0. The summed E-state index contributed by atoms with van der Waals surface area (Å²) in [6, 6.07) is 10.5. The zero-order valence-electron chi connectivity index (χ0n) is 14.1. The number of carbonyl (C=O) groups is 1. The maximum Gasteiger partial charge on any atom is 0.358 e. The quantitative estimate of drug-likeness (QED) is 0.415. The lowest BCUT2D eigenvalue weighted by molar-refractivity contribution is -0.129. The topological polar surface area (TPSA) is 89.7 Å². The molecule has 26 heavy (non-hydrogen) atoms. The first-order valence-electron chi connectivity index (χ1n) is 7.47. The van der Waals surface area contributed by atoms with Gasteiger partial charge in [-0.3, -0.25) is 0 Å². The van der Waals surface area contributed by atoms with Gasteiger partial charge in [0.15, 0.2) is 12.3 Å². The SMILES string of the molecule is CO/N=C(/C(=O)O)c1ccccc1CO/C(C)=N/OCc1ccc(Cl)s1.